The molecule has 1 atom stereocenters. The minimum atomic E-state index is -1.12. The standard InChI is InChI=1S/C18H20FN3O4/c1-21(2)17(23)25-13-7-6-11-9-22(18(24)26-15(11)8-13)10-12-4-3-5-14(20)16(12)19/h3-8,17,23H,9-10,20H2,1-2H3. The molecule has 0 radical (unpaired) electrons. The van der Waals surface area contributed by atoms with Gasteiger partial charge in [0.25, 0.3) is 6.41 Å². The summed E-state index contributed by atoms with van der Waals surface area (Å²) in [6, 6.07) is 9.63. The van der Waals surface area contributed by atoms with Gasteiger partial charge in [0.05, 0.1) is 18.8 Å². The van der Waals surface area contributed by atoms with Crippen LogP contribution < -0.4 is 15.2 Å². The largest absolute Gasteiger partial charge is 0.451 e. The third-order valence-electron chi connectivity index (χ3n) is 4.01. The second kappa shape index (κ2) is 7.19. The summed E-state index contributed by atoms with van der Waals surface area (Å²) in [6.07, 6.45) is -1.71. The summed E-state index contributed by atoms with van der Waals surface area (Å²) >= 11 is 0. The van der Waals surface area contributed by atoms with E-state index in [1.54, 1.807) is 44.4 Å². The van der Waals surface area contributed by atoms with Gasteiger partial charge < -0.3 is 20.3 Å². The average Bonchev–Trinajstić information content (AvgIpc) is 2.59. The first-order valence-electron chi connectivity index (χ1n) is 7.99. The number of amides is 1. The molecule has 2 aromatic rings. The van der Waals surface area contributed by atoms with Crippen LogP contribution in [0.4, 0.5) is 14.9 Å². The Morgan fingerprint density at radius 1 is 1.38 bits per heavy atom. The molecule has 3 N–H and O–H groups in total. The van der Waals surface area contributed by atoms with E-state index >= 15 is 0 Å². The van der Waals surface area contributed by atoms with E-state index in [4.69, 9.17) is 15.2 Å². The molecule has 0 saturated heterocycles. The molecule has 0 aliphatic carbocycles. The number of rotatable bonds is 5. The predicted molar refractivity (Wildman–Crippen MR) is 92.8 cm³/mol. The fourth-order valence-electron chi connectivity index (χ4n) is 2.54. The summed E-state index contributed by atoms with van der Waals surface area (Å²) in [5, 5.41) is 9.73. The summed E-state index contributed by atoms with van der Waals surface area (Å²) in [5.74, 6) is 0.184. The van der Waals surface area contributed by atoms with E-state index in [1.165, 1.54) is 15.9 Å². The SMILES string of the molecule is CN(C)C(O)Oc1ccc2c(c1)OC(=O)N(Cc1cccc(N)c1F)C2. The van der Waals surface area contributed by atoms with Crippen molar-refractivity contribution in [2.45, 2.75) is 19.5 Å². The molecule has 1 aliphatic heterocycles. The Balaban J connectivity index is 1.76. The van der Waals surface area contributed by atoms with Gasteiger partial charge in [-0.15, -0.1) is 0 Å². The zero-order valence-corrected chi connectivity index (χ0v) is 14.5. The smallest absolute Gasteiger partial charge is 0.415 e. The molecule has 7 nitrogen and oxygen atoms in total. The lowest BCUT2D eigenvalue weighted by Crippen LogP contribution is -2.37. The highest BCUT2D eigenvalue weighted by Gasteiger charge is 2.26. The van der Waals surface area contributed by atoms with E-state index in [0.29, 0.717) is 17.1 Å². The van der Waals surface area contributed by atoms with Gasteiger partial charge in [0.1, 0.15) is 11.5 Å². The normalized spacial score (nSPS) is 14.8. The van der Waals surface area contributed by atoms with Crippen molar-refractivity contribution in [3.8, 4) is 11.5 Å². The molecule has 138 valence electrons. The van der Waals surface area contributed by atoms with Crippen LogP contribution >= 0.6 is 0 Å². The van der Waals surface area contributed by atoms with E-state index in [0.717, 1.165) is 5.56 Å². The van der Waals surface area contributed by atoms with Gasteiger partial charge in [0.15, 0.2) is 5.82 Å². The highest BCUT2D eigenvalue weighted by Crippen LogP contribution is 2.31. The topological polar surface area (TPSA) is 88.3 Å². The molecule has 1 amide bonds. The minimum Gasteiger partial charge on any atom is -0.451 e. The lowest BCUT2D eigenvalue weighted by atomic mass is 10.1. The first kappa shape index (κ1) is 18.0. The number of carbonyl (C=O) groups is 1. The van der Waals surface area contributed by atoms with Crippen LogP contribution in [0.15, 0.2) is 36.4 Å². The Bertz CT molecular complexity index is 828. The molecule has 8 heteroatoms. The Labute approximate surface area is 150 Å². The molecule has 0 saturated carbocycles. The second-order valence-electron chi connectivity index (χ2n) is 6.22. The van der Waals surface area contributed by atoms with Crippen LogP contribution in [0, 0.1) is 5.82 Å². The van der Waals surface area contributed by atoms with E-state index < -0.39 is 18.3 Å². The number of ether oxygens (including phenoxy) is 2. The van der Waals surface area contributed by atoms with Gasteiger partial charge in [-0.2, -0.15) is 0 Å². The summed E-state index contributed by atoms with van der Waals surface area (Å²) in [4.78, 5) is 15.1. The van der Waals surface area contributed by atoms with Crippen molar-refractivity contribution in [3.05, 3.63) is 53.3 Å². The van der Waals surface area contributed by atoms with Crippen molar-refractivity contribution in [1.82, 2.24) is 9.80 Å². The third-order valence-corrected chi connectivity index (χ3v) is 4.01. The number of anilines is 1. The number of aliphatic hydroxyl groups is 1. The molecule has 3 rings (SSSR count). The molecule has 26 heavy (non-hydrogen) atoms. The molecule has 1 aliphatic rings. The fraction of sp³-hybridized carbons (Fsp3) is 0.278. The maximum absolute atomic E-state index is 14.1. The molecule has 1 unspecified atom stereocenters. The highest BCUT2D eigenvalue weighted by atomic mass is 19.1. The maximum atomic E-state index is 14.1. The Hall–Kier alpha value is -2.84. The summed E-state index contributed by atoms with van der Waals surface area (Å²) in [5.41, 5.74) is 6.67. The Kier molecular flexibility index (Phi) is 4.97. The van der Waals surface area contributed by atoms with Crippen molar-refractivity contribution in [3.63, 3.8) is 0 Å². The first-order valence-corrected chi connectivity index (χ1v) is 7.99. The van der Waals surface area contributed by atoms with Gasteiger partial charge in [0.2, 0.25) is 0 Å². The van der Waals surface area contributed by atoms with Crippen LogP contribution in [0.25, 0.3) is 0 Å². The summed E-state index contributed by atoms with van der Waals surface area (Å²) in [7, 11) is 3.33. The third kappa shape index (κ3) is 3.71. The van der Waals surface area contributed by atoms with Crippen LogP contribution in [0.1, 0.15) is 11.1 Å². The number of hydrogen-bond acceptors (Lipinski definition) is 6. The second-order valence-corrected chi connectivity index (χ2v) is 6.22. The molecule has 1 heterocycles. The van der Waals surface area contributed by atoms with E-state index in [1.807, 2.05) is 0 Å². The predicted octanol–water partition coefficient (Wildman–Crippen LogP) is 2.14. The van der Waals surface area contributed by atoms with Crippen LogP contribution in [0.3, 0.4) is 0 Å². The molecule has 0 spiro atoms. The average molecular weight is 361 g/mol. The van der Waals surface area contributed by atoms with Crippen LogP contribution in [-0.2, 0) is 13.1 Å². The summed E-state index contributed by atoms with van der Waals surface area (Å²) in [6.45, 7) is 0.311. The molecule has 0 fully saturated rings. The van der Waals surface area contributed by atoms with Gasteiger partial charge >= 0.3 is 6.09 Å². The van der Waals surface area contributed by atoms with Crippen molar-refractivity contribution < 1.29 is 23.8 Å². The van der Waals surface area contributed by atoms with Crippen LogP contribution in [0.2, 0.25) is 0 Å². The lowest BCUT2D eigenvalue weighted by Gasteiger charge is -2.29. The maximum Gasteiger partial charge on any atom is 0.415 e. The lowest BCUT2D eigenvalue weighted by molar-refractivity contribution is -0.114. The number of fused-ring (bicyclic) bond motifs is 1. The van der Waals surface area contributed by atoms with Gasteiger partial charge in [-0.3, -0.25) is 9.80 Å². The van der Waals surface area contributed by atoms with Gasteiger partial charge in [-0.25, -0.2) is 9.18 Å². The number of carbonyl (C=O) groups excluding carboxylic acids is 1. The molecule has 0 aromatic heterocycles. The zero-order chi connectivity index (χ0) is 18.8. The molecular formula is C18H20FN3O4. The van der Waals surface area contributed by atoms with E-state index in [-0.39, 0.29) is 18.8 Å². The number of hydrogen-bond donors (Lipinski definition) is 2. The number of nitrogens with zero attached hydrogens (tertiary/aromatic N) is 2. The number of aliphatic hydroxyl groups excluding tert-OH is 1. The fourth-order valence-corrected chi connectivity index (χ4v) is 2.54. The van der Waals surface area contributed by atoms with E-state index in [2.05, 4.69) is 0 Å². The summed E-state index contributed by atoms with van der Waals surface area (Å²) < 4.78 is 24.7. The quantitative estimate of drug-likeness (QED) is 0.627. The monoisotopic (exact) mass is 361 g/mol. The number of nitrogens with two attached hydrogens (primary N) is 1. The highest BCUT2D eigenvalue weighted by molar-refractivity contribution is 5.73. The first-order chi connectivity index (χ1) is 12.3. The number of halogens is 1. The van der Waals surface area contributed by atoms with Crippen molar-refractivity contribution in [1.29, 1.82) is 0 Å². The van der Waals surface area contributed by atoms with Crippen LogP contribution in [0.5, 0.6) is 11.5 Å². The number of nitrogen functional groups attached to an aromatic ring is 1. The molecular weight excluding hydrogens is 341 g/mol. The van der Waals surface area contributed by atoms with Crippen molar-refractivity contribution in [2.75, 3.05) is 19.8 Å². The minimum absolute atomic E-state index is 0.0366. The molecule has 2 aromatic carbocycles. The Morgan fingerprint density at radius 2 is 2.15 bits per heavy atom. The van der Waals surface area contributed by atoms with Crippen molar-refractivity contribution >= 4 is 11.8 Å². The van der Waals surface area contributed by atoms with Crippen molar-refractivity contribution in [2.24, 2.45) is 0 Å². The van der Waals surface area contributed by atoms with Crippen LogP contribution in [-0.4, -0.2) is 41.5 Å². The van der Waals surface area contributed by atoms with Gasteiger partial charge in [0, 0.05) is 17.2 Å². The zero-order valence-electron chi connectivity index (χ0n) is 14.5. The number of benzene rings is 2. The van der Waals surface area contributed by atoms with Gasteiger partial charge in [-0.05, 0) is 32.3 Å². The Morgan fingerprint density at radius 3 is 2.88 bits per heavy atom. The van der Waals surface area contributed by atoms with Gasteiger partial charge in [-0.1, -0.05) is 12.1 Å². The molecule has 0 bridgehead atoms. The van der Waals surface area contributed by atoms with E-state index in [9.17, 15) is 14.3 Å².